The Morgan fingerprint density at radius 2 is 1.73 bits per heavy atom. The van der Waals surface area contributed by atoms with E-state index >= 15 is 0 Å². The minimum atomic E-state index is -4.72. The number of benzene rings is 1. The lowest BCUT2D eigenvalue weighted by Gasteiger charge is -2.23. The molecular weight excluding hydrogens is 375 g/mol. The zero-order valence-corrected chi connectivity index (χ0v) is 14.7. The topological polar surface area (TPSA) is 84.2 Å². The van der Waals surface area contributed by atoms with E-state index in [1.807, 2.05) is 0 Å². The number of carbonyl (C=O) groups is 2. The van der Waals surface area contributed by atoms with Gasteiger partial charge in [-0.05, 0) is 39.0 Å². The summed E-state index contributed by atoms with van der Waals surface area (Å²) >= 11 is 5.60. The lowest BCUT2D eigenvalue weighted by molar-refractivity contribution is -0.137. The van der Waals surface area contributed by atoms with Gasteiger partial charge < -0.3 is 15.2 Å². The first-order chi connectivity index (χ1) is 11.9. The Morgan fingerprint density at radius 3 is 2.27 bits per heavy atom. The molecule has 0 saturated carbocycles. The van der Waals surface area contributed by atoms with Crippen molar-refractivity contribution in [2.75, 3.05) is 10.6 Å². The van der Waals surface area contributed by atoms with Crippen LogP contribution < -0.4 is 10.6 Å². The largest absolute Gasteiger partial charge is 0.418 e. The molecule has 0 fully saturated rings. The van der Waals surface area contributed by atoms with Crippen LogP contribution in [-0.4, -0.2) is 17.0 Å². The van der Waals surface area contributed by atoms with E-state index in [0.29, 0.717) is 11.8 Å². The number of nitrogens with one attached hydrogen (secondary N) is 2. The molecule has 0 atom stereocenters. The third-order valence-electron chi connectivity index (χ3n) is 3.54. The maximum absolute atomic E-state index is 13.1. The lowest BCUT2D eigenvalue weighted by Crippen LogP contribution is -2.42. The number of hydrogen-bond donors (Lipinski definition) is 2. The van der Waals surface area contributed by atoms with Gasteiger partial charge in [0.25, 0.3) is 0 Å². The summed E-state index contributed by atoms with van der Waals surface area (Å²) < 4.78 is 44.1. The first kappa shape index (κ1) is 19.8. The SMILES string of the molecule is Cc1cc(NC(=O)C(C)(C)C(=O)Nc2ccc(Cl)cc2C(F)(F)F)no1. The highest BCUT2D eigenvalue weighted by Gasteiger charge is 2.39. The Balaban J connectivity index is 2.21. The number of aromatic nitrogens is 1. The van der Waals surface area contributed by atoms with Crippen LogP contribution in [0.4, 0.5) is 24.7 Å². The molecule has 140 valence electrons. The van der Waals surface area contributed by atoms with Crippen LogP contribution in [0.1, 0.15) is 25.2 Å². The molecular formula is C16H15ClF3N3O3. The second-order valence-corrected chi connectivity index (χ2v) is 6.48. The summed E-state index contributed by atoms with van der Waals surface area (Å²) in [7, 11) is 0. The van der Waals surface area contributed by atoms with Crippen molar-refractivity contribution in [3.05, 3.63) is 40.6 Å². The van der Waals surface area contributed by atoms with E-state index in [1.54, 1.807) is 6.92 Å². The van der Waals surface area contributed by atoms with Gasteiger partial charge in [0.2, 0.25) is 11.8 Å². The lowest BCUT2D eigenvalue weighted by atomic mass is 9.90. The Bertz CT molecular complexity index is 847. The first-order valence-corrected chi connectivity index (χ1v) is 7.72. The molecule has 0 spiro atoms. The van der Waals surface area contributed by atoms with Crippen LogP contribution in [0.5, 0.6) is 0 Å². The summed E-state index contributed by atoms with van der Waals surface area (Å²) in [6.45, 7) is 4.15. The number of carbonyl (C=O) groups excluding carboxylic acids is 2. The smallest absolute Gasteiger partial charge is 0.360 e. The summed E-state index contributed by atoms with van der Waals surface area (Å²) in [6.07, 6.45) is -4.72. The van der Waals surface area contributed by atoms with Gasteiger partial charge in [0.15, 0.2) is 5.82 Å². The van der Waals surface area contributed by atoms with Crippen LogP contribution in [-0.2, 0) is 15.8 Å². The second-order valence-electron chi connectivity index (χ2n) is 6.04. The molecule has 0 aliphatic carbocycles. The number of aryl methyl sites for hydroxylation is 1. The molecule has 0 unspecified atom stereocenters. The number of amides is 2. The molecule has 10 heteroatoms. The highest BCUT2D eigenvalue weighted by atomic mass is 35.5. The van der Waals surface area contributed by atoms with Gasteiger partial charge in [-0.2, -0.15) is 13.2 Å². The summed E-state index contributed by atoms with van der Waals surface area (Å²) in [5.74, 6) is -1.15. The molecule has 0 saturated heterocycles. The van der Waals surface area contributed by atoms with Gasteiger partial charge in [0, 0.05) is 11.1 Å². The number of rotatable bonds is 4. The molecule has 26 heavy (non-hydrogen) atoms. The van der Waals surface area contributed by atoms with E-state index in [0.717, 1.165) is 6.07 Å². The number of halogens is 4. The molecule has 1 aromatic heterocycles. The molecule has 2 rings (SSSR count). The zero-order chi connectivity index (χ0) is 19.7. The predicted octanol–water partition coefficient (Wildman–Crippen LogP) is 4.26. The maximum Gasteiger partial charge on any atom is 0.418 e. The van der Waals surface area contributed by atoms with Gasteiger partial charge in [-0.25, -0.2) is 0 Å². The van der Waals surface area contributed by atoms with Crippen molar-refractivity contribution < 1.29 is 27.3 Å². The average molecular weight is 390 g/mol. The van der Waals surface area contributed by atoms with E-state index < -0.39 is 34.7 Å². The van der Waals surface area contributed by atoms with Crippen LogP contribution in [0, 0.1) is 12.3 Å². The first-order valence-electron chi connectivity index (χ1n) is 7.34. The molecule has 1 aromatic carbocycles. The van der Waals surface area contributed by atoms with Gasteiger partial charge in [-0.3, -0.25) is 9.59 Å². The van der Waals surface area contributed by atoms with E-state index in [4.69, 9.17) is 16.1 Å². The molecule has 0 aliphatic rings. The Labute approximate surface area is 151 Å². The molecule has 2 aromatic rings. The van der Waals surface area contributed by atoms with Gasteiger partial charge in [-0.1, -0.05) is 16.8 Å². The van der Waals surface area contributed by atoms with Crippen LogP contribution in [0.2, 0.25) is 5.02 Å². The van der Waals surface area contributed by atoms with Crippen molar-refractivity contribution in [1.82, 2.24) is 5.16 Å². The number of alkyl halides is 3. The van der Waals surface area contributed by atoms with Crippen molar-refractivity contribution in [1.29, 1.82) is 0 Å². The molecule has 6 nitrogen and oxygen atoms in total. The summed E-state index contributed by atoms with van der Waals surface area (Å²) in [5.41, 5.74) is -3.29. The van der Waals surface area contributed by atoms with Crippen molar-refractivity contribution >= 4 is 34.9 Å². The molecule has 1 heterocycles. The van der Waals surface area contributed by atoms with Crippen LogP contribution >= 0.6 is 11.6 Å². The van der Waals surface area contributed by atoms with Gasteiger partial charge >= 0.3 is 6.18 Å². The molecule has 0 radical (unpaired) electrons. The summed E-state index contributed by atoms with van der Waals surface area (Å²) in [5, 5.41) is 7.95. The van der Waals surface area contributed by atoms with E-state index in [2.05, 4.69) is 15.8 Å². The minimum absolute atomic E-state index is 0.0934. The monoisotopic (exact) mass is 389 g/mol. The predicted molar refractivity (Wildman–Crippen MR) is 88.7 cm³/mol. The van der Waals surface area contributed by atoms with Crippen molar-refractivity contribution in [2.45, 2.75) is 26.9 Å². The van der Waals surface area contributed by atoms with E-state index in [9.17, 15) is 22.8 Å². The fourth-order valence-corrected chi connectivity index (χ4v) is 2.11. The van der Waals surface area contributed by atoms with Crippen molar-refractivity contribution in [3.8, 4) is 0 Å². The zero-order valence-electron chi connectivity index (χ0n) is 14.0. The van der Waals surface area contributed by atoms with Crippen LogP contribution in [0.3, 0.4) is 0 Å². The number of anilines is 2. The Morgan fingerprint density at radius 1 is 1.12 bits per heavy atom. The van der Waals surface area contributed by atoms with E-state index in [-0.39, 0.29) is 10.8 Å². The molecule has 2 amide bonds. The molecule has 0 bridgehead atoms. The molecule has 2 N–H and O–H groups in total. The second kappa shape index (κ2) is 6.99. The van der Waals surface area contributed by atoms with Crippen molar-refractivity contribution in [3.63, 3.8) is 0 Å². The molecule has 0 aliphatic heterocycles. The van der Waals surface area contributed by atoms with Crippen LogP contribution in [0.25, 0.3) is 0 Å². The van der Waals surface area contributed by atoms with Crippen LogP contribution in [0.15, 0.2) is 28.8 Å². The quantitative estimate of drug-likeness (QED) is 0.765. The summed E-state index contributed by atoms with van der Waals surface area (Å²) in [4.78, 5) is 24.7. The Hall–Kier alpha value is -2.55. The highest BCUT2D eigenvalue weighted by Crippen LogP contribution is 2.37. The Kier molecular flexibility index (Phi) is 5.31. The fourth-order valence-electron chi connectivity index (χ4n) is 1.94. The third kappa shape index (κ3) is 4.34. The third-order valence-corrected chi connectivity index (χ3v) is 3.78. The standard InChI is InChI=1S/C16H15ClF3N3O3/c1-8-6-12(23-26-8)22-14(25)15(2,3)13(24)21-11-5-4-9(17)7-10(11)16(18,19)20/h4-7H,1-3H3,(H,21,24)(H,22,23,25). The van der Waals surface area contributed by atoms with E-state index in [1.165, 1.54) is 26.0 Å². The van der Waals surface area contributed by atoms with Gasteiger partial charge in [0.05, 0.1) is 11.3 Å². The minimum Gasteiger partial charge on any atom is -0.360 e. The van der Waals surface area contributed by atoms with Gasteiger partial charge in [0.1, 0.15) is 11.2 Å². The summed E-state index contributed by atoms with van der Waals surface area (Å²) in [6, 6.07) is 4.37. The van der Waals surface area contributed by atoms with Gasteiger partial charge in [-0.15, -0.1) is 0 Å². The fraction of sp³-hybridized carbons (Fsp3) is 0.312. The average Bonchev–Trinajstić information content (AvgIpc) is 2.92. The number of hydrogen-bond acceptors (Lipinski definition) is 4. The maximum atomic E-state index is 13.1. The number of nitrogens with zero attached hydrogens (tertiary/aromatic N) is 1. The highest BCUT2D eigenvalue weighted by molar-refractivity contribution is 6.30. The normalized spacial score (nSPS) is 12.0. The van der Waals surface area contributed by atoms with Crippen molar-refractivity contribution in [2.24, 2.45) is 5.41 Å².